The van der Waals surface area contributed by atoms with E-state index < -0.39 is 0 Å². The van der Waals surface area contributed by atoms with Crippen molar-refractivity contribution in [1.29, 1.82) is 0 Å². The molecule has 1 aromatic carbocycles. The Hall–Kier alpha value is -1.36. The van der Waals surface area contributed by atoms with Gasteiger partial charge in [0.1, 0.15) is 5.75 Å². The number of benzene rings is 1. The average Bonchev–Trinajstić information content (AvgIpc) is 2.42. The summed E-state index contributed by atoms with van der Waals surface area (Å²) in [6, 6.07) is 7.27. The van der Waals surface area contributed by atoms with E-state index in [1.165, 1.54) is 0 Å². The van der Waals surface area contributed by atoms with Gasteiger partial charge in [0, 0.05) is 18.8 Å². The number of carbonyl (C=O) groups is 1. The number of nitrogens with zero attached hydrogens (tertiary/aromatic N) is 1. The predicted octanol–water partition coefficient (Wildman–Crippen LogP) is 2.25. The van der Waals surface area contributed by atoms with E-state index in [9.17, 15) is 4.79 Å². The van der Waals surface area contributed by atoms with Gasteiger partial charge >= 0.3 is 0 Å². The number of likely N-dealkylation sites (N-methyl/N-ethyl adjacent to an activating group) is 1. The van der Waals surface area contributed by atoms with Crippen LogP contribution in [-0.2, 0) is 4.79 Å². The lowest BCUT2D eigenvalue weighted by Gasteiger charge is -2.24. The number of amides is 1. The van der Waals surface area contributed by atoms with Crippen LogP contribution in [-0.4, -0.2) is 42.5 Å². The highest BCUT2D eigenvalue weighted by atomic mass is 32.2. The van der Waals surface area contributed by atoms with Crippen LogP contribution >= 0.6 is 11.8 Å². The van der Waals surface area contributed by atoms with E-state index >= 15 is 0 Å². The molecule has 0 saturated carbocycles. The summed E-state index contributed by atoms with van der Waals surface area (Å²) < 4.78 is 5.45. The van der Waals surface area contributed by atoms with Crippen molar-refractivity contribution in [2.75, 3.05) is 31.4 Å². The van der Waals surface area contributed by atoms with Gasteiger partial charge in [-0.15, -0.1) is 0 Å². The molecule has 0 aliphatic carbocycles. The van der Waals surface area contributed by atoms with Gasteiger partial charge in [0.15, 0.2) is 6.61 Å². The monoisotopic (exact) mass is 282 g/mol. The zero-order valence-electron chi connectivity index (χ0n) is 11.8. The third-order valence-electron chi connectivity index (χ3n) is 3.04. The molecule has 0 fully saturated rings. The smallest absolute Gasteiger partial charge is 0.260 e. The van der Waals surface area contributed by atoms with Crippen molar-refractivity contribution >= 4 is 23.4 Å². The molecule has 4 nitrogen and oxygen atoms in total. The van der Waals surface area contributed by atoms with Crippen molar-refractivity contribution in [2.24, 2.45) is 0 Å². The van der Waals surface area contributed by atoms with Gasteiger partial charge < -0.3 is 15.4 Å². The number of hydrogen-bond donors (Lipinski definition) is 1. The Labute approximate surface area is 119 Å². The molecule has 1 rings (SSSR count). The van der Waals surface area contributed by atoms with E-state index in [1.54, 1.807) is 40.9 Å². The van der Waals surface area contributed by atoms with E-state index in [2.05, 4.69) is 13.2 Å². The summed E-state index contributed by atoms with van der Waals surface area (Å²) in [4.78, 5) is 13.7. The van der Waals surface area contributed by atoms with Crippen molar-refractivity contribution in [1.82, 2.24) is 4.90 Å². The molecule has 1 unspecified atom stereocenters. The first-order chi connectivity index (χ1) is 9.04. The SMILES string of the molecule is CSCCC(C)N(C)C(=O)COc1ccc(N)cc1. The molecular formula is C14H22N2O2S. The topological polar surface area (TPSA) is 55.6 Å². The first-order valence-electron chi connectivity index (χ1n) is 6.27. The fourth-order valence-electron chi connectivity index (χ4n) is 1.54. The Kier molecular flexibility index (Phi) is 6.56. The number of rotatable bonds is 7. The van der Waals surface area contributed by atoms with Crippen molar-refractivity contribution < 1.29 is 9.53 Å². The van der Waals surface area contributed by atoms with Crippen molar-refractivity contribution in [2.45, 2.75) is 19.4 Å². The van der Waals surface area contributed by atoms with Crippen molar-refractivity contribution in [3.63, 3.8) is 0 Å². The van der Waals surface area contributed by atoms with Crippen LogP contribution in [0.2, 0.25) is 0 Å². The Bertz CT molecular complexity index is 395. The number of anilines is 1. The molecule has 19 heavy (non-hydrogen) atoms. The van der Waals surface area contributed by atoms with Gasteiger partial charge in [-0.3, -0.25) is 4.79 Å². The molecule has 0 spiro atoms. The number of nitrogen functional groups attached to an aromatic ring is 1. The zero-order valence-corrected chi connectivity index (χ0v) is 12.6. The largest absolute Gasteiger partial charge is 0.484 e. The highest BCUT2D eigenvalue weighted by Crippen LogP contribution is 2.13. The Morgan fingerprint density at radius 3 is 2.63 bits per heavy atom. The molecule has 2 N–H and O–H groups in total. The van der Waals surface area contributed by atoms with Crippen LogP contribution in [0.15, 0.2) is 24.3 Å². The normalized spacial score (nSPS) is 11.9. The summed E-state index contributed by atoms with van der Waals surface area (Å²) in [5.41, 5.74) is 6.27. The molecule has 0 saturated heterocycles. The van der Waals surface area contributed by atoms with Crippen LogP contribution in [0.25, 0.3) is 0 Å². The summed E-state index contributed by atoms with van der Waals surface area (Å²) in [7, 11) is 1.82. The fourth-order valence-corrected chi connectivity index (χ4v) is 2.12. The highest BCUT2D eigenvalue weighted by molar-refractivity contribution is 7.98. The van der Waals surface area contributed by atoms with Crippen LogP contribution in [0, 0.1) is 0 Å². The summed E-state index contributed by atoms with van der Waals surface area (Å²) in [6.07, 6.45) is 3.06. The number of thioether (sulfide) groups is 1. The second kappa shape index (κ2) is 7.94. The Balaban J connectivity index is 2.39. The van der Waals surface area contributed by atoms with Gasteiger partial charge in [-0.05, 0) is 49.6 Å². The minimum atomic E-state index is -0.00886. The number of hydrogen-bond acceptors (Lipinski definition) is 4. The maximum absolute atomic E-state index is 12.0. The quantitative estimate of drug-likeness (QED) is 0.779. The third-order valence-corrected chi connectivity index (χ3v) is 3.68. The van der Waals surface area contributed by atoms with E-state index in [4.69, 9.17) is 10.5 Å². The summed E-state index contributed by atoms with van der Waals surface area (Å²) in [5.74, 6) is 1.70. The molecule has 0 radical (unpaired) electrons. The molecule has 1 aromatic rings. The lowest BCUT2D eigenvalue weighted by Crippen LogP contribution is -2.38. The first-order valence-corrected chi connectivity index (χ1v) is 7.67. The van der Waals surface area contributed by atoms with Crippen LogP contribution < -0.4 is 10.5 Å². The average molecular weight is 282 g/mol. The lowest BCUT2D eigenvalue weighted by molar-refractivity contribution is -0.133. The number of nitrogens with two attached hydrogens (primary N) is 1. The lowest BCUT2D eigenvalue weighted by atomic mass is 10.2. The Morgan fingerprint density at radius 1 is 1.42 bits per heavy atom. The van der Waals surface area contributed by atoms with Crippen LogP contribution in [0.4, 0.5) is 5.69 Å². The zero-order chi connectivity index (χ0) is 14.3. The Morgan fingerprint density at radius 2 is 2.05 bits per heavy atom. The third kappa shape index (κ3) is 5.42. The van der Waals surface area contributed by atoms with E-state index in [1.807, 2.05) is 7.05 Å². The molecule has 0 aliphatic rings. The first kappa shape index (κ1) is 15.7. The predicted molar refractivity (Wildman–Crippen MR) is 81.6 cm³/mol. The fraction of sp³-hybridized carbons (Fsp3) is 0.500. The minimum absolute atomic E-state index is 0.00886. The molecule has 0 aliphatic heterocycles. The van der Waals surface area contributed by atoms with Gasteiger partial charge in [-0.25, -0.2) is 0 Å². The molecule has 0 aromatic heterocycles. The molecule has 0 bridgehead atoms. The highest BCUT2D eigenvalue weighted by Gasteiger charge is 2.15. The molecule has 1 atom stereocenters. The van der Waals surface area contributed by atoms with Crippen molar-refractivity contribution in [3.8, 4) is 5.75 Å². The van der Waals surface area contributed by atoms with Crippen LogP contribution in [0.5, 0.6) is 5.75 Å². The maximum atomic E-state index is 12.0. The van der Waals surface area contributed by atoms with Crippen molar-refractivity contribution in [3.05, 3.63) is 24.3 Å². The second-order valence-corrected chi connectivity index (χ2v) is 5.48. The van der Waals surface area contributed by atoms with Crippen LogP contribution in [0.1, 0.15) is 13.3 Å². The summed E-state index contributed by atoms with van der Waals surface area (Å²) >= 11 is 1.79. The maximum Gasteiger partial charge on any atom is 0.260 e. The molecule has 0 heterocycles. The van der Waals surface area contributed by atoms with Gasteiger partial charge in [0.2, 0.25) is 0 Å². The summed E-state index contributed by atoms with van der Waals surface area (Å²) in [5, 5.41) is 0. The minimum Gasteiger partial charge on any atom is -0.484 e. The van der Waals surface area contributed by atoms with E-state index in [0.29, 0.717) is 11.4 Å². The molecule has 106 valence electrons. The standard InChI is InChI=1S/C14H22N2O2S/c1-11(8-9-19-3)16(2)14(17)10-18-13-6-4-12(15)5-7-13/h4-7,11H,8-10,15H2,1-3H3. The van der Waals surface area contributed by atoms with Crippen LogP contribution in [0.3, 0.4) is 0 Å². The van der Waals surface area contributed by atoms with Gasteiger partial charge in [0.25, 0.3) is 5.91 Å². The molecule has 1 amide bonds. The summed E-state index contributed by atoms with van der Waals surface area (Å²) in [6.45, 7) is 2.11. The molecular weight excluding hydrogens is 260 g/mol. The van der Waals surface area contributed by atoms with Gasteiger partial charge in [-0.1, -0.05) is 0 Å². The number of carbonyl (C=O) groups excluding carboxylic acids is 1. The van der Waals surface area contributed by atoms with E-state index in [-0.39, 0.29) is 18.6 Å². The molecule has 5 heteroatoms. The second-order valence-electron chi connectivity index (χ2n) is 4.49. The van der Waals surface area contributed by atoms with E-state index in [0.717, 1.165) is 12.2 Å². The van der Waals surface area contributed by atoms with Gasteiger partial charge in [0.05, 0.1) is 0 Å². The number of ether oxygens (including phenoxy) is 1. The van der Waals surface area contributed by atoms with Gasteiger partial charge in [-0.2, -0.15) is 11.8 Å².